The fraction of sp³-hybridized carbons (Fsp3) is 0.417. The summed E-state index contributed by atoms with van der Waals surface area (Å²) < 4.78 is 0. The number of hydrogen-bond donors (Lipinski definition) is 0. The molecule has 0 aromatic heterocycles. The SMILES string of the molecule is O=C(Cl)C1CCCCc2ccccc21. The first-order valence-corrected chi connectivity index (χ1v) is 5.44. The molecule has 0 spiro atoms. The van der Waals surface area contributed by atoms with Crippen molar-refractivity contribution in [2.24, 2.45) is 0 Å². The zero-order valence-electron chi connectivity index (χ0n) is 8.00. The molecule has 0 saturated heterocycles. The molecule has 0 fully saturated rings. The molecule has 0 aliphatic heterocycles. The van der Waals surface area contributed by atoms with Gasteiger partial charge in [0.25, 0.3) is 0 Å². The van der Waals surface area contributed by atoms with Gasteiger partial charge in [0.2, 0.25) is 5.24 Å². The molecule has 14 heavy (non-hydrogen) atoms. The van der Waals surface area contributed by atoms with Crippen LogP contribution in [-0.4, -0.2) is 5.24 Å². The Labute approximate surface area is 89.1 Å². The summed E-state index contributed by atoms with van der Waals surface area (Å²) in [4.78, 5) is 11.3. The summed E-state index contributed by atoms with van der Waals surface area (Å²) in [7, 11) is 0. The van der Waals surface area contributed by atoms with E-state index in [1.165, 1.54) is 5.56 Å². The monoisotopic (exact) mass is 208 g/mol. The van der Waals surface area contributed by atoms with Crippen molar-refractivity contribution in [3.05, 3.63) is 35.4 Å². The number of benzene rings is 1. The van der Waals surface area contributed by atoms with Crippen LogP contribution in [0.5, 0.6) is 0 Å². The van der Waals surface area contributed by atoms with Gasteiger partial charge in [0.05, 0.1) is 5.92 Å². The smallest absolute Gasteiger partial charge is 0.229 e. The molecule has 1 aliphatic rings. The van der Waals surface area contributed by atoms with Crippen molar-refractivity contribution in [2.75, 3.05) is 0 Å². The number of halogens is 1. The average molecular weight is 209 g/mol. The Balaban J connectivity index is 2.42. The molecule has 1 nitrogen and oxygen atoms in total. The highest BCUT2D eigenvalue weighted by Gasteiger charge is 2.22. The van der Waals surface area contributed by atoms with Crippen LogP contribution < -0.4 is 0 Å². The fourth-order valence-electron chi connectivity index (χ4n) is 2.16. The summed E-state index contributed by atoms with van der Waals surface area (Å²) >= 11 is 5.62. The van der Waals surface area contributed by atoms with Gasteiger partial charge in [-0.15, -0.1) is 0 Å². The Kier molecular flexibility index (Phi) is 2.87. The summed E-state index contributed by atoms with van der Waals surface area (Å²) in [5, 5.41) is -0.209. The van der Waals surface area contributed by atoms with Crippen LogP contribution in [0.1, 0.15) is 36.3 Å². The number of aryl methyl sites for hydroxylation is 1. The van der Waals surface area contributed by atoms with Gasteiger partial charge >= 0.3 is 0 Å². The first-order chi connectivity index (χ1) is 6.79. The third-order valence-electron chi connectivity index (χ3n) is 2.89. The minimum absolute atomic E-state index is 0.0737. The molecule has 0 amide bonds. The van der Waals surface area contributed by atoms with E-state index >= 15 is 0 Å². The van der Waals surface area contributed by atoms with Gasteiger partial charge in [-0.3, -0.25) is 4.79 Å². The van der Waals surface area contributed by atoms with Gasteiger partial charge in [-0.05, 0) is 42.0 Å². The third kappa shape index (κ3) is 1.83. The Hall–Kier alpha value is -0.820. The standard InChI is InChI=1S/C12H13ClO/c13-12(14)11-8-4-2-6-9-5-1-3-7-10(9)11/h1,3,5,7,11H,2,4,6,8H2. The molecule has 1 aromatic carbocycles. The van der Waals surface area contributed by atoms with Gasteiger partial charge in [-0.25, -0.2) is 0 Å². The largest absolute Gasteiger partial charge is 0.281 e. The van der Waals surface area contributed by atoms with Crippen LogP contribution in [-0.2, 0) is 11.2 Å². The zero-order chi connectivity index (χ0) is 9.97. The maximum absolute atomic E-state index is 11.3. The van der Waals surface area contributed by atoms with E-state index in [2.05, 4.69) is 6.07 Å². The van der Waals surface area contributed by atoms with Crippen molar-refractivity contribution >= 4 is 16.8 Å². The van der Waals surface area contributed by atoms with Crippen LogP contribution in [0.25, 0.3) is 0 Å². The Morgan fingerprint density at radius 1 is 1.29 bits per heavy atom. The summed E-state index contributed by atoms with van der Waals surface area (Å²) in [5.41, 5.74) is 2.44. The van der Waals surface area contributed by atoms with Crippen LogP contribution in [0.2, 0.25) is 0 Å². The normalized spacial score (nSPS) is 21.1. The quantitative estimate of drug-likeness (QED) is 0.512. The van der Waals surface area contributed by atoms with E-state index in [0.29, 0.717) is 0 Å². The number of fused-ring (bicyclic) bond motifs is 1. The first kappa shape index (κ1) is 9.72. The van der Waals surface area contributed by atoms with E-state index in [1.807, 2.05) is 18.2 Å². The molecule has 0 bridgehead atoms. The Morgan fingerprint density at radius 3 is 2.86 bits per heavy atom. The number of hydrogen-bond acceptors (Lipinski definition) is 1. The van der Waals surface area contributed by atoms with E-state index < -0.39 is 0 Å². The molecular formula is C12H13ClO. The van der Waals surface area contributed by atoms with Crippen molar-refractivity contribution in [3.63, 3.8) is 0 Å². The minimum atomic E-state index is -0.209. The molecule has 1 aromatic rings. The molecule has 0 radical (unpaired) electrons. The molecule has 0 saturated carbocycles. The molecule has 1 atom stereocenters. The molecule has 0 heterocycles. The first-order valence-electron chi connectivity index (χ1n) is 5.06. The van der Waals surface area contributed by atoms with Crippen molar-refractivity contribution in [3.8, 4) is 0 Å². The maximum Gasteiger partial charge on any atom is 0.229 e. The summed E-state index contributed by atoms with van der Waals surface area (Å²) in [6.45, 7) is 0. The predicted octanol–water partition coefficient (Wildman–Crippen LogP) is 3.26. The zero-order valence-corrected chi connectivity index (χ0v) is 8.76. The average Bonchev–Trinajstić information content (AvgIpc) is 2.39. The van der Waals surface area contributed by atoms with Gasteiger partial charge < -0.3 is 0 Å². The van der Waals surface area contributed by atoms with Gasteiger partial charge in [-0.2, -0.15) is 0 Å². The second-order valence-electron chi connectivity index (χ2n) is 3.80. The molecular weight excluding hydrogens is 196 g/mol. The molecule has 0 N–H and O–H groups in total. The van der Waals surface area contributed by atoms with Crippen molar-refractivity contribution in [1.29, 1.82) is 0 Å². The summed E-state index contributed by atoms with van der Waals surface area (Å²) in [5.74, 6) is -0.0737. The lowest BCUT2D eigenvalue weighted by atomic mass is 9.94. The van der Waals surface area contributed by atoms with Crippen LogP contribution in [0.3, 0.4) is 0 Å². The lowest BCUT2D eigenvalue weighted by Crippen LogP contribution is -2.06. The van der Waals surface area contributed by atoms with Crippen LogP contribution >= 0.6 is 11.6 Å². The summed E-state index contributed by atoms with van der Waals surface area (Å²) in [6, 6.07) is 8.15. The van der Waals surface area contributed by atoms with E-state index in [0.717, 1.165) is 31.2 Å². The maximum atomic E-state index is 11.3. The highest BCUT2D eigenvalue weighted by Crippen LogP contribution is 2.31. The second-order valence-corrected chi connectivity index (χ2v) is 4.17. The highest BCUT2D eigenvalue weighted by atomic mass is 35.5. The van der Waals surface area contributed by atoms with Gasteiger partial charge in [0.15, 0.2) is 0 Å². The van der Waals surface area contributed by atoms with E-state index in [1.54, 1.807) is 0 Å². The van der Waals surface area contributed by atoms with Crippen molar-refractivity contribution in [2.45, 2.75) is 31.6 Å². The van der Waals surface area contributed by atoms with Gasteiger partial charge in [0, 0.05) is 0 Å². The number of carbonyl (C=O) groups is 1. The minimum Gasteiger partial charge on any atom is -0.281 e. The molecule has 1 aliphatic carbocycles. The van der Waals surface area contributed by atoms with E-state index in [9.17, 15) is 4.79 Å². The Morgan fingerprint density at radius 2 is 2.07 bits per heavy atom. The third-order valence-corrected chi connectivity index (χ3v) is 3.16. The molecule has 1 unspecified atom stereocenters. The second kappa shape index (κ2) is 4.14. The molecule has 2 rings (SSSR count). The molecule has 74 valence electrons. The highest BCUT2D eigenvalue weighted by molar-refractivity contribution is 6.64. The van der Waals surface area contributed by atoms with Crippen molar-refractivity contribution in [1.82, 2.24) is 0 Å². The topological polar surface area (TPSA) is 17.1 Å². The van der Waals surface area contributed by atoms with E-state index in [4.69, 9.17) is 11.6 Å². The lowest BCUT2D eigenvalue weighted by molar-refractivity contribution is -0.113. The van der Waals surface area contributed by atoms with Crippen LogP contribution in [0.15, 0.2) is 24.3 Å². The predicted molar refractivity (Wildman–Crippen MR) is 57.6 cm³/mol. The van der Waals surface area contributed by atoms with E-state index in [-0.39, 0.29) is 11.2 Å². The Bertz CT molecular complexity index is 346. The van der Waals surface area contributed by atoms with Gasteiger partial charge in [-0.1, -0.05) is 30.7 Å². The van der Waals surface area contributed by atoms with Crippen LogP contribution in [0, 0.1) is 0 Å². The molecule has 2 heteroatoms. The van der Waals surface area contributed by atoms with Gasteiger partial charge in [0.1, 0.15) is 0 Å². The lowest BCUT2D eigenvalue weighted by Gasteiger charge is -2.12. The summed E-state index contributed by atoms with van der Waals surface area (Å²) in [6.07, 6.45) is 4.24. The van der Waals surface area contributed by atoms with Crippen LogP contribution in [0.4, 0.5) is 0 Å². The fourth-order valence-corrected chi connectivity index (χ4v) is 2.38. The number of carbonyl (C=O) groups excluding carboxylic acids is 1. The van der Waals surface area contributed by atoms with Crippen molar-refractivity contribution < 1.29 is 4.79 Å². The number of rotatable bonds is 1.